The van der Waals surface area contributed by atoms with E-state index >= 15 is 0 Å². The second-order valence-corrected chi connectivity index (χ2v) is 8.82. The Hall–Kier alpha value is -4.17. The smallest absolute Gasteiger partial charge is 0.335 e. The van der Waals surface area contributed by atoms with Crippen LogP contribution in [-0.2, 0) is 10.0 Å². The van der Waals surface area contributed by atoms with Crippen molar-refractivity contribution in [2.75, 3.05) is 0 Å². The number of carboxylic acid groups (broad SMARTS) is 2. The Bertz CT molecular complexity index is 1420. The lowest BCUT2D eigenvalue weighted by Crippen LogP contribution is -2.11. The summed E-state index contributed by atoms with van der Waals surface area (Å²) >= 11 is 0. The Morgan fingerprint density at radius 2 is 1.42 bits per heavy atom. The van der Waals surface area contributed by atoms with Gasteiger partial charge in [-0.3, -0.25) is 0 Å². The first-order valence-electron chi connectivity index (χ1n) is 9.77. The normalized spacial score (nSPS) is 10.8. The maximum absolute atomic E-state index is 12.6. The zero-order valence-corrected chi connectivity index (χ0v) is 18.5. The molecule has 0 radical (unpaired) electrons. The van der Waals surface area contributed by atoms with Gasteiger partial charge in [0.25, 0.3) is 10.0 Å². The molecule has 168 valence electrons. The fourth-order valence-corrected chi connectivity index (χ4v) is 4.73. The van der Waals surface area contributed by atoms with Crippen molar-refractivity contribution in [3.8, 4) is 0 Å². The number of fused-ring (bicyclic) bond motifs is 1. The lowest BCUT2D eigenvalue weighted by molar-refractivity contribution is 0.0696. The van der Waals surface area contributed by atoms with Crippen LogP contribution in [0, 0.1) is 6.92 Å². The van der Waals surface area contributed by atoms with Crippen LogP contribution in [0.15, 0.2) is 90.5 Å². The molecule has 0 fully saturated rings. The van der Waals surface area contributed by atoms with Crippen molar-refractivity contribution < 1.29 is 28.2 Å². The molecule has 4 rings (SSSR count). The van der Waals surface area contributed by atoms with Gasteiger partial charge in [-0.15, -0.1) is 0 Å². The highest BCUT2D eigenvalue weighted by atomic mass is 32.2. The Balaban J connectivity index is 0.000000205. The van der Waals surface area contributed by atoms with Gasteiger partial charge in [0.15, 0.2) is 0 Å². The molecule has 8 heteroatoms. The molecule has 4 aromatic rings. The van der Waals surface area contributed by atoms with E-state index in [4.69, 9.17) is 10.2 Å². The molecule has 0 atom stereocenters. The molecule has 33 heavy (non-hydrogen) atoms. The summed E-state index contributed by atoms with van der Waals surface area (Å²) in [5.74, 6) is -2.22. The van der Waals surface area contributed by atoms with E-state index in [2.05, 4.69) is 6.58 Å². The van der Waals surface area contributed by atoms with E-state index in [0.29, 0.717) is 5.52 Å². The van der Waals surface area contributed by atoms with Crippen molar-refractivity contribution in [3.63, 3.8) is 0 Å². The summed E-state index contributed by atoms with van der Waals surface area (Å²) in [6.07, 6.45) is 3.31. The zero-order chi connectivity index (χ0) is 24.2. The second kappa shape index (κ2) is 9.54. The van der Waals surface area contributed by atoms with Gasteiger partial charge in [0, 0.05) is 11.6 Å². The number of rotatable bonds is 5. The molecule has 0 saturated carbocycles. The molecule has 1 aromatic heterocycles. The number of carboxylic acids is 2. The molecule has 0 unspecified atom stereocenters. The highest BCUT2D eigenvalue weighted by Gasteiger charge is 2.18. The number of nitrogens with zero attached hydrogens (tertiary/aromatic N) is 1. The van der Waals surface area contributed by atoms with Gasteiger partial charge in [0.05, 0.1) is 21.5 Å². The van der Waals surface area contributed by atoms with Gasteiger partial charge in [-0.05, 0) is 54.4 Å². The molecule has 0 aliphatic rings. The van der Waals surface area contributed by atoms with Crippen LogP contribution in [0.4, 0.5) is 0 Å². The number of hydrogen-bond donors (Lipinski definition) is 2. The molecule has 0 aliphatic carbocycles. The number of benzene rings is 3. The maximum Gasteiger partial charge on any atom is 0.335 e. The average Bonchev–Trinajstić information content (AvgIpc) is 3.25. The van der Waals surface area contributed by atoms with E-state index in [1.807, 2.05) is 12.1 Å². The van der Waals surface area contributed by atoms with Crippen LogP contribution in [0.1, 0.15) is 31.8 Å². The van der Waals surface area contributed by atoms with Gasteiger partial charge in [-0.1, -0.05) is 49.1 Å². The lowest BCUT2D eigenvalue weighted by atomic mass is 10.0. The van der Waals surface area contributed by atoms with E-state index in [9.17, 15) is 18.0 Å². The molecule has 0 amide bonds. The molecule has 3 aromatic carbocycles. The third-order valence-electron chi connectivity index (χ3n) is 5.05. The quantitative estimate of drug-likeness (QED) is 0.435. The fraction of sp³-hybridized carbons (Fsp3) is 0.0400. The van der Waals surface area contributed by atoms with Crippen molar-refractivity contribution in [1.29, 1.82) is 0 Å². The van der Waals surface area contributed by atoms with E-state index in [0.717, 1.165) is 10.9 Å². The summed E-state index contributed by atoms with van der Waals surface area (Å²) in [7, 11) is -3.56. The van der Waals surface area contributed by atoms with Crippen molar-refractivity contribution in [2.24, 2.45) is 0 Å². The molecule has 0 bridgehead atoms. The minimum absolute atomic E-state index is 0.0277. The van der Waals surface area contributed by atoms with Crippen molar-refractivity contribution >= 4 is 38.9 Å². The number of carbonyl (C=O) groups is 2. The van der Waals surface area contributed by atoms with Gasteiger partial charge in [-0.2, -0.15) is 0 Å². The predicted octanol–water partition coefficient (Wildman–Crippen LogP) is 4.91. The van der Waals surface area contributed by atoms with Crippen LogP contribution in [0.3, 0.4) is 0 Å². The summed E-state index contributed by atoms with van der Waals surface area (Å²) in [4.78, 5) is 21.5. The summed E-state index contributed by atoms with van der Waals surface area (Å²) in [5, 5.41) is 18.2. The summed E-state index contributed by atoms with van der Waals surface area (Å²) in [6.45, 7) is 5.23. The van der Waals surface area contributed by atoms with E-state index in [1.165, 1.54) is 29.1 Å². The maximum atomic E-state index is 12.6. The Morgan fingerprint density at radius 3 is 1.97 bits per heavy atom. The number of aromatic nitrogens is 1. The van der Waals surface area contributed by atoms with Gasteiger partial charge in [-0.25, -0.2) is 22.0 Å². The molecule has 0 aliphatic heterocycles. The van der Waals surface area contributed by atoms with Crippen molar-refractivity contribution in [1.82, 2.24) is 3.97 Å². The van der Waals surface area contributed by atoms with Gasteiger partial charge < -0.3 is 10.2 Å². The van der Waals surface area contributed by atoms with Gasteiger partial charge in [0.1, 0.15) is 0 Å². The van der Waals surface area contributed by atoms with Crippen LogP contribution < -0.4 is 0 Å². The number of aromatic carboxylic acids is 2. The Kier molecular flexibility index (Phi) is 6.79. The van der Waals surface area contributed by atoms with E-state index < -0.39 is 22.0 Å². The highest BCUT2D eigenvalue weighted by molar-refractivity contribution is 7.90. The first kappa shape index (κ1) is 23.5. The van der Waals surface area contributed by atoms with E-state index in [1.54, 1.807) is 54.7 Å². The van der Waals surface area contributed by atoms with Crippen LogP contribution in [0.25, 0.3) is 17.0 Å². The fourth-order valence-electron chi connectivity index (χ4n) is 3.36. The SMILES string of the molecule is C=Cc1cccc2c1ccn2S(=O)(=O)c1ccccc1.Cc1c(C(=O)O)cccc1C(=O)O. The average molecular weight is 464 g/mol. The minimum atomic E-state index is -3.56. The highest BCUT2D eigenvalue weighted by Crippen LogP contribution is 2.25. The Morgan fingerprint density at radius 1 is 0.848 bits per heavy atom. The molecule has 0 saturated heterocycles. The number of hydrogen-bond acceptors (Lipinski definition) is 4. The molecule has 7 nitrogen and oxygen atoms in total. The van der Waals surface area contributed by atoms with Crippen LogP contribution in [0.2, 0.25) is 0 Å². The first-order chi connectivity index (χ1) is 15.7. The summed E-state index contributed by atoms with van der Waals surface area (Å²) in [6, 6.07) is 19.9. The largest absolute Gasteiger partial charge is 0.478 e. The topological polar surface area (TPSA) is 114 Å². The molecule has 1 heterocycles. The van der Waals surface area contributed by atoms with Crippen LogP contribution >= 0.6 is 0 Å². The van der Waals surface area contributed by atoms with Crippen LogP contribution in [0.5, 0.6) is 0 Å². The van der Waals surface area contributed by atoms with Crippen molar-refractivity contribution in [2.45, 2.75) is 11.8 Å². The van der Waals surface area contributed by atoms with Gasteiger partial charge >= 0.3 is 11.9 Å². The lowest BCUT2D eigenvalue weighted by Gasteiger charge is -2.07. The third kappa shape index (κ3) is 4.70. The monoisotopic (exact) mass is 463 g/mol. The molecule has 0 spiro atoms. The standard InChI is InChI=1S/C16H13NO2S.C9H8O4/c1-2-13-7-6-10-16-15(13)11-12-17(16)20(18,19)14-8-4-3-5-9-14;1-5-6(8(10)11)3-2-4-7(5)9(12)13/h2-12H,1H2;2-4H,1H3,(H,10,11)(H,12,13). The first-order valence-corrected chi connectivity index (χ1v) is 11.2. The molecule has 2 N–H and O–H groups in total. The van der Waals surface area contributed by atoms with Crippen molar-refractivity contribution in [3.05, 3.63) is 108 Å². The zero-order valence-electron chi connectivity index (χ0n) is 17.7. The summed E-state index contributed by atoms with van der Waals surface area (Å²) < 4.78 is 26.6. The minimum Gasteiger partial charge on any atom is -0.478 e. The van der Waals surface area contributed by atoms with E-state index in [-0.39, 0.29) is 21.6 Å². The second-order valence-electron chi connectivity index (χ2n) is 7.00. The van der Waals surface area contributed by atoms with Crippen LogP contribution in [-0.4, -0.2) is 34.5 Å². The van der Waals surface area contributed by atoms with Gasteiger partial charge in [0.2, 0.25) is 0 Å². The third-order valence-corrected chi connectivity index (χ3v) is 6.75. The molecular formula is C25H21NO6S. The Labute approximate surface area is 190 Å². The molecular weight excluding hydrogens is 442 g/mol. The predicted molar refractivity (Wildman–Crippen MR) is 126 cm³/mol. The summed E-state index contributed by atoms with van der Waals surface area (Å²) in [5.41, 5.74) is 1.91.